The van der Waals surface area contributed by atoms with Gasteiger partial charge in [0.1, 0.15) is 25.4 Å². The molecule has 0 fully saturated rings. The number of ether oxygens (including phenoxy) is 2. The lowest BCUT2D eigenvalue weighted by Crippen LogP contribution is -2.12. The molecule has 0 amide bonds. The van der Waals surface area contributed by atoms with E-state index in [0.717, 1.165) is 20.1 Å². The molecule has 0 aliphatic carbocycles. The molecular formula is C17H15Br2N5O2. The van der Waals surface area contributed by atoms with Crippen molar-refractivity contribution < 1.29 is 9.47 Å². The number of benzene rings is 1. The van der Waals surface area contributed by atoms with Crippen molar-refractivity contribution in [1.82, 2.24) is 19.9 Å². The summed E-state index contributed by atoms with van der Waals surface area (Å²) in [4.78, 5) is 16.6. The van der Waals surface area contributed by atoms with E-state index in [2.05, 4.69) is 57.1 Å². The number of halogens is 2. The molecule has 3 aromatic rings. The Bertz CT molecular complexity index is 860. The van der Waals surface area contributed by atoms with Crippen molar-refractivity contribution in [2.75, 3.05) is 25.6 Å². The molecule has 9 heteroatoms. The van der Waals surface area contributed by atoms with Gasteiger partial charge in [0.05, 0.1) is 10.0 Å². The summed E-state index contributed by atoms with van der Waals surface area (Å²) in [7, 11) is 1.81. The maximum Gasteiger partial charge on any atom is 0.316 e. The molecule has 134 valence electrons. The van der Waals surface area contributed by atoms with E-state index in [1.165, 1.54) is 6.33 Å². The summed E-state index contributed by atoms with van der Waals surface area (Å²) >= 11 is 6.72. The van der Waals surface area contributed by atoms with Gasteiger partial charge in [0.15, 0.2) is 0 Å². The highest BCUT2D eigenvalue weighted by Crippen LogP contribution is 2.34. The maximum atomic E-state index is 5.82. The zero-order valence-electron chi connectivity index (χ0n) is 13.8. The fraction of sp³-hybridized carbons (Fsp3) is 0.176. The third-order valence-electron chi connectivity index (χ3n) is 3.33. The Morgan fingerprint density at radius 2 is 1.58 bits per heavy atom. The number of hydrogen-bond donors (Lipinski definition) is 1. The maximum absolute atomic E-state index is 5.82. The Balaban J connectivity index is 1.71. The van der Waals surface area contributed by atoms with Gasteiger partial charge in [0, 0.05) is 23.9 Å². The first-order chi connectivity index (χ1) is 12.7. The Morgan fingerprint density at radius 3 is 2.27 bits per heavy atom. The second-order valence-electron chi connectivity index (χ2n) is 5.04. The van der Waals surface area contributed by atoms with Gasteiger partial charge in [-0.1, -0.05) is 28.1 Å². The van der Waals surface area contributed by atoms with Crippen LogP contribution in [0.25, 0.3) is 11.1 Å². The lowest BCUT2D eigenvalue weighted by Gasteiger charge is -2.14. The Labute approximate surface area is 167 Å². The van der Waals surface area contributed by atoms with Gasteiger partial charge in [-0.2, -0.15) is 0 Å². The van der Waals surface area contributed by atoms with Crippen molar-refractivity contribution in [3.63, 3.8) is 0 Å². The van der Waals surface area contributed by atoms with Gasteiger partial charge < -0.3 is 14.8 Å². The van der Waals surface area contributed by atoms with Crippen LogP contribution in [0.1, 0.15) is 0 Å². The van der Waals surface area contributed by atoms with Gasteiger partial charge >= 0.3 is 6.01 Å². The predicted molar refractivity (Wildman–Crippen MR) is 105 cm³/mol. The van der Waals surface area contributed by atoms with Crippen LogP contribution in [-0.2, 0) is 0 Å². The molecule has 0 atom stereocenters. The fourth-order valence-electron chi connectivity index (χ4n) is 2.19. The lowest BCUT2D eigenvalue weighted by atomic mass is 10.1. The first kappa shape index (κ1) is 18.5. The lowest BCUT2D eigenvalue weighted by molar-refractivity contribution is 0.202. The third-order valence-corrected chi connectivity index (χ3v) is 4.27. The van der Waals surface area contributed by atoms with Gasteiger partial charge in [-0.15, -0.1) is 0 Å². The van der Waals surface area contributed by atoms with Crippen molar-refractivity contribution in [2.45, 2.75) is 0 Å². The summed E-state index contributed by atoms with van der Waals surface area (Å²) in [5, 5.41) is 3.07. The largest absolute Gasteiger partial charge is 0.473 e. The van der Waals surface area contributed by atoms with E-state index in [4.69, 9.17) is 9.47 Å². The molecule has 0 unspecified atom stereocenters. The smallest absolute Gasteiger partial charge is 0.316 e. The predicted octanol–water partition coefficient (Wildman–Crippen LogP) is 3.96. The number of rotatable bonds is 7. The van der Waals surface area contributed by atoms with Crippen molar-refractivity contribution in [1.29, 1.82) is 0 Å². The molecular weight excluding hydrogens is 466 g/mol. The highest BCUT2D eigenvalue weighted by Gasteiger charge is 2.14. The SMILES string of the molecule is CNc1ncnc(OCCOc2ncc(Br)cn2)c1-c1ccc(Br)cc1. The van der Waals surface area contributed by atoms with Crippen LogP contribution in [0.2, 0.25) is 0 Å². The van der Waals surface area contributed by atoms with E-state index in [0.29, 0.717) is 30.9 Å². The molecule has 0 aliphatic rings. The number of hydrogen-bond acceptors (Lipinski definition) is 7. The Kier molecular flexibility index (Phi) is 6.35. The molecule has 0 bridgehead atoms. The van der Waals surface area contributed by atoms with Gasteiger partial charge in [-0.3, -0.25) is 0 Å². The van der Waals surface area contributed by atoms with E-state index in [1.807, 2.05) is 31.3 Å². The van der Waals surface area contributed by atoms with Gasteiger partial charge in [0.25, 0.3) is 0 Å². The van der Waals surface area contributed by atoms with E-state index in [-0.39, 0.29) is 0 Å². The molecule has 2 aromatic heterocycles. The normalized spacial score (nSPS) is 10.4. The van der Waals surface area contributed by atoms with Crippen LogP contribution >= 0.6 is 31.9 Å². The van der Waals surface area contributed by atoms with Crippen LogP contribution in [0, 0.1) is 0 Å². The first-order valence-corrected chi connectivity index (χ1v) is 9.28. The summed E-state index contributed by atoms with van der Waals surface area (Å²) < 4.78 is 13.1. The van der Waals surface area contributed by atoms with Crippen LogP contribution in [0.3, 0.4) is 0 Å². The van der Waals surface area contributed by atoms with Gasteiger partial charge in [-0.05, 0) is 33.6 Å². The molecule has 0 saturated heterocycles. The second-order valence-corrected chi connectivity index (χ2v) is 6.87. The van der Waals surface area contributed by atoms with Gasteiger partial charge in [-0.25, -0.2) is 19.9 Å². The number of aromatic nitrogens is 4. The molecule has 3 rings (SSSR count). The van der Waals surface area contributed by atoms with E-state index < -0.39 is 0 Å². The summed E-state index contributed by atoms with van der Waals surface area (Å²) in [5.41, 5.74) is 1.74. The molecule has 0 aliphatic heterocycles. The average Bonchev–Trinajstić information content (AvgIpc) is 2.67. The number of nitrogens with one attached hydrogen (secondary N) is 1. The molecule has 0 saturated carbocycles. The van der Waals surface area contributed by atoms with Crippen LogP contribution in [0.5, 0.6) is 11.9 Å². The van der Waals surface area contributed by atoms with Crippen molar-refractivity contribution >= 4 is 37.7 Å². The van der Waals surface area contributed by atoms with Crippen LogP contribution < -0.4 is 14.8 Å². The van der Waals surface area contributed by atoms with Crippen LogP contribution in [-0.4, -0.2) is 40.2 Å². The Morgan fingerprint density at radius 1 is 0.885 bits per heavy atom. The van der Waals surface area contributed by atoms with E-state index in [1.54, 1.807) is 12.4 Å². The molecule has 0 spiro atoms. The summed E-state index contributed by atoms with van der Waals surface area (Å²) in [6.07, 6.45) is 4.71. The van der Waals surface area contributed by atoms with Crippen LogP contribution in [0.4, 0.5) is 5.82 Å². The average molecular weight is 481 g/mol. The topological polar surface area (TPSA) is 82.1 Å². The Hall–Kier alpha value is -2.26. The minimum absolute atomic E-state index is 0.292. The van der Waals surface area contributed by atoms with E-state index >= 15 is 0 Å². The molecule has 1 aromatic carbocycles. The minimum atomic E-state index is 0.292. The monoisotopic (exact) mass is 479 g/mol. The standard InChI is InChI=1S/C17H15Br2N5O2/c1-20-15-14(11-2-4-12(18)5-3-11)16(24-10-23-15)25-6-7-26-17-21-8-13(19)9-22-17/h2-5,8-10H,6-7H2,1H3,(H,20,23,24). The van der Waals surface area contributed by atoms with E-state index in [9.17, 15) is 0 Å². The molecule has 2 heterocycles. The molecule has 0 radical (unpaired) electrons. The van der Waals surface area contributed by atoms with Crippen molar-refractivity contribution in [3.8, 4) is 23.0 Å². The van der Waals surface area contributed by atoms with Crippen molar-refractivity contribution in [3.05, 3.63) is 51.9 Å². The highest BCUT2D eigenvalue weighted by molar-refractivity contribution is 9.10. The highest BCUT2D eigenvalue weighted by atomic mass is 79.9. The van der Waals surface area contributed by atoms with Crippen LogP contribution in [0.15, 0.2) is 51.9 Å². The van der Waals surface area contributed by atoms with Crippen molar-refractivity contribution in [2.24, 2.45) is 0 Å². The zero-order chi connectivity index (χ0) is 18.4. The second kappa shape index (κ2) is 8.91. The van der Waals surface area contributed by atoms with Gasteiger partial charge in [0.2, 0.25) is 5.88 Å². The summed E-state index contributed by atoms with van der Waals surface area (Å²) in [6.45, 7) is 0.587. The number of nitrogens with zero attached hydrogens (tertiary/aromatic N) is 4. The summed E-state index contributed by atoms with van der Waals surface area (Å²) in [6, 6.07) is 8.16. The number of anilines is 1. The first-order valence-electron chi connectivity index (χ1n) is 7.69. The zero-order valence-corrected chi connectivity index (χ0v) is 17.0. The quantitative estimate of drug-likeness (QED) is 0.512. The minimum Gasteiger partial charge on any atom is -0.473 e. The summed E-state index contributed by atoms with van der Waals surface area (Å²) in [5.74, 6) is 1.17. The molecule has 26 heavy (non-hydrogen) atoms. The molecule has 1 N–H and O–H groups in total. The fourth-order valence-corrected chi connectivity index (χ4v) is 2.66. The third kappa shape index (κ3) is 4.67. The molecule has 7 nitrogen and oxygen atoms in total.